The van der Waals surface area contributed by atoms with Crippen molar-refractivity contribution < 1.29 is 14.5 Å². The largest absolute Gasteiger partial charge is 0.336 e. The highest BCUT2D eigenvalue weighted by atomic mass is 32.2. The number of carbonyl (C=O) groups is 2. The van der Waals surface area contributed by atoms with Crippen LogP contribution in [0.2, 0.25) is 0 Å². The lowest BCUT2D eigenvalue weighted by molar-refractivity contribution is -0.387. The summed E-state index contributed by atoms with van der Waals surface area (Å²) in [7, 11) is 0. The van der Waals surface area contributed by atoms with Gasteiger partial charge in [0.15, 0.2) is 0 Å². The third kappa shape index (κ3) is 6.62. The van der Waals surface area contributed by atoms with Crippen LogP contribution in [0.5, 0.6) is 0 Å². The van der Waals surface area contributed by atoms with Gasteiger partial charge in [0.25, 0.3) is 11.6 Å². The Balaban J connectivity index is 1.38. The molecule has 9 heteroatoms. The maximum atomic E-state index is 12.7. The van der Waals surface area contributed by atoms with E-state index < -0.39 is 4.92 Å². The van der Waals surface area contributed by atoms with E-state index >= 15 is 0 Å². The Bertz CT molecular complexity index is 1300. The summed E-state index contributed by atoms with van der Waals surface area (Å²) in [5.41, 5.74) is 2.31. The van der Waals surface area contributed by atoms with Crippen molar-refractivity contribution in [3.05, 3.63) is 99.9 Å². The summed E-state index contributed by atoms with van der Waals surface area (Å²) in [5.74, 6) is 0.122. The molecule has 190 valence electrons. The average Bonchev–Trinajstić information content (AvgIpc) is 2.92. The smallest absolute Gasteiger partial charge is 0.283 e. The Kier molecular flexibility index (Phi) is 8.35. The summed E-state index contributed by atoms with van der Waals surface area (Å²) in [6.45, 7) is 5.94. The SMILES string of the molecule is CC(C)c1ccc(Sc2ccc(/C=C/C(=O)N3CCN(C(=O)c4cccnc4)CC3)cc2[N+](=O)[O-])cc1. The van der Waals surface area contributed by atoms with Gasteiger partial charge in [0.2, 0.25) is 5.91 Å². The van der Waals surface area contributed by atoms with E-state index in [2.05, 4.69) is 18.8 Å². The summed E-state index contributed by atoms with van der Waals surface area (Å²) in [6.07, 6.45) is 6.17. The van der Waals surface area contributed by atoms with Crippen molar-refractivity contribution in [2.45, 2.75) is 29.6 Å². The van der Waals surface area contributed by atoms with E-state index in [0.29, 0.717) is 48.1 Å². The Morgan fingerprint density at radius 3 is 2.35 bits per heavy atom. The van der Waals surface area contributed by atoms with Gasteiger partial charge in [0.05, 0.1) is 15.4 Å². The summed E-state index contributed by atoms with van der Waals surface area (Å²) < 4.78 is 0. The van der Waals surface area contributed by atoms with Gasteiger partial charge in [-0.15, -0.1) is 0 Å². The van der Waals surface area contributed by atoms with Gasteiger partial charge in [-0.3, -0.25) is 24.7 Å². The number of pyridine rings is 1. The van der Waals surface area contributed by atoms with E-state index in [1.165, 1.54) is 35.7 Å². The fourth-order valence-electron chi connectivity index (χ4n) is 3.99. The van der Waals surface area contributed by atoms with Crippen molar-refractivity contribution in [2.24, 2.45) is 0 Å². The molecular weight excluding hydrogens is 488 g/mol. The highest BCUT2D eigenvalue weighted by molar-refractivity contribution is 7.99. The Labute approximate surface area is 220 Å². The zero-order chi connectivity index (χ0) is 26.4. The topological polar surface area (TPSA) is 96.7 Å². The van der Waals surface area contributed by atoms with Crippen LogP contribution in [0.4, 0.5) is 5.69 Å². The quantitative estimate of drug-likeness (QED) is 0.241. The van der Waals surface area contributed by atoms with Crippen molar-refractivity contribution >= 4 is 35.3 Å². The molecule has 37 heavy (non-hydrogen) atoms. The monoisotopic (exact) mass is 516 g/mol. The first kappa shape index (κ1) is 26.1. The third-order valence-electron chi connectivity index (χ3n) is 6.16. The minimum Gasteiger partial charge on any atom is -0.336 e. The second-order valence-electron chi connectivity index (χ2n) is 9.00. The van der Waals surface area contributed by atoms with Crippen molar-refractivity contribution in [3.63, 3.8) is 0 Å². The highest BCUT2D eigenvalue weighted by Gasteiger charge is 2.24. The molecule has 0 saturated carbocycles. The fraction of sp³-hybridized carbons (Fsp3) is 0.250. The Morgan fingerprint density at radius 1 is 1.03 bits per heavy atom. The summed E-state index contributed by atoms with van der Waals surface area (Å²) in [5, 5.41) is 11.7. The molecule has 0 radical (unpaired) electrons. The van der Waals surface area contributed by atoms with Crippen molar-refractivity contribution in [2.75, 3.05) is 26.2 Å². The molecule has 1 aliphatic heterocycles. The molecule has 0 atom stereocenters. The van der Waals surface area contributed by atoms with Gasteiger partial charge >= 0.3 is 0 Å². The first-order valence-corrected chi connectivity index (χ1v) is 12.9. The van der Waals surface area contributed by atoms with Crippen LogP contribution in [-0.2, 0) is 4.79 Å². The van der Waals surface area contributed by atoms with Gasteiger partial charge in [0.1, 0.15) is 0 Å². The lowest BCUT2D eigenvalue weighted by Gasteiger charge is -2.34. The van der Waals surface area contributed by atoms with Crippen LogP contribution < -0.4 is 0 Å². The molecule has 1 saturated heterocycles. The van der Waals surface area contributed by atoms with Gasteiger partial charge in [0, 0.05) is 55.6 Å². The van der Waals surface area contributed by atoms with Gasteiger partial charge < -0.3 is 9.80 Å². The molecule has 3 aromatic rings. The van der Waals surface area contributed by atoms with E-state index in [-0.39, 0.29) is 17.5 Å². The van der Waals surface area contributed by atoms with Gasteiger partial charge in [-0.25, -0.2) is 0 Å². The van der Waals surface area contributed by atoms with E-state index in [1.807, 2.05) is 24.3 Å². The molecular formula is C28H28N4O4S. The number of amides is 2. The first-order chi connectivity index (χ1) is 17.8. The van der Waals surface area contributed by atoms with Crippen LogP contribution in [0.1, 0.15) is 41.3 Å². The van der Waals surface area contributed by atoms with Gasteiger partial charge in [-0.05, 0) is 53.5 Å². The number of piperazine rings is 1. The first-order valence-electron chi connectivity index (χ1n) is 12.0. The maximum absolute atomic E-state index is 12.7. The van der Waals surface area contributed by atoms with Crippen molar-refractivity contribution in [3.8, 4) is 0 Å². The van der Waals surface area contributed by atoms with E-state index in [4.69, 9.17) is 0 Å². The van der Waals surface area contributed by atoms with Gasteiger partial charge in [-0.1, -0.05) is 43.8 Å². The molecule has 0 spiro atoms. The molecule has 0 unspecified atom stereocenters. The maximum Gasteiger partial charge on any atom is 0.283 e. The second-order valence-corrected chi connectivity index (χ2v) is 10.1. The standard InChI is InChI=1S/C28H28N4O4S/c1-20(2)22-7-9-24(10-8-22)37-26-11-5-21(18-25(26)32(35)36)6-12-27(33)30-14-16-31(17-15-30)28(34)23-4-3-13-29-19-23/h3-13,18-20H,14-17H2,1-2H3/b12-6+. The number of rotatable bonds is 7. The minimum absolute atomic E-state index is 0.00457. The van der Waals surface area contributed by atoms with Crippen LogP contribution in [0.25, 0.3) is 6.08 Å². The van der Waals surface area contributed by atoms with Crippen LogP contribution in [0, 0.1) is 10.1 Å². The highest BCUT2D eigenvalue weighted by Crippen LogP contribution is 2.36. The number of benzene rings is 2. The second kappa shape index (κ2) is 11.8. The fourth-order valence-corrected chi connectivity index (χ4v) is 4.89. The minimum atomic E-state index is -0.400. The summed E-state index contributed by atoms with van der Waals surface area (Å²) in [4.78, 5) is 45.4. The summed E-state index contributed by atoms with van der Waals surface area (Å²) in [6, 6.07) is 16.4. The number of hydrogen-bond donors (Lipinski definition) is 0. The zero-order valence-corrected chi connectivity index (χ0v) is 21.6. The van der Waals surface area contributed by atoms with Crippen LogP contribution in [-0.4, -0.2) is 57.7 Å². The van der Waals surface area contributed by atoms with Crippen molar-refractivity contribution in [1.29, 1.82) is 0 Å². The number of carbonyl (C=O) groups excluding carboxylic acids is 2. The van der Waals surface area contributed by atoms with Crippen LogP contribution in [0.3, 0.4) is 0 Å². The molecule has 1 aromatic heterocycles. The number of nitro groups is 1. The molecule has 0 N–H and O–H groups in total. The summed E-state index contributed by atoms with van der Waals surface area (Å²) >= 11 is 1.34. The number of hydrogen-bond acceptors (Lipinski definition) is 6. The number of aromatic nitrogens is 1. The lowest BCUT2D eigenvalue weighted by atomic mass is 10.0. The Morgan fingerprint density at radius 2 is 1.73 bits per heavy atom. The van der Waals surface area contributed by atoms with Crippen molar-refractivity contribution in [1.82, 2.24) is 14.8 Å². The predicted octanol–water partition coefficient (Wildman–Crippen LogP) is 5.26. The molecule has 0 bridgehead atoms. The average molecular weight is 517 g/mol. The van der Waals surface area contributed by atoms with Crippen LogP contribution in [0.15, 0.2) is 82.9 Å². The zero-order valence-electron chi connectivity index (χ0n) is 20.7. The van der Waals surface area contributed by atoms with E-state index in [9.17, 15) is 19.7 Å². The van der Waals surface area contributed by atoms with Crippen LogP contribution >= 0.6 is 11.8 Å². The van der Waals surface area contributed by atoms with E-state index in [1.54, 1.807) is 46.3 Å². The normalized spacial score (nSPS) is 13.8. The predicted molar refractivity (Wildman–Crippen MR) is 144 cm³/mol. The number of nitro benzene ring substituents is 1. The molecule has 0 aliphatic carbocycles. The molecule has 2 aromatic carbocycles. The molecule has 1 fully saturated rings. The van der Waals surface area contributed by atoms with E-state index in [0.717, 1.165) is 4.90 Å². The number of nitrogens with zero attached hydrogens (tertiary/aromatic N) is 4. The third-order valence-corrected chi connectivity index (χ3v) is 7.23. The molecule has 8 nitrogen and oxygen atoms in total. The Hall–Kier alpha value is -3.98. The lowest BCUT2D eigenvalue weighted by Crippen LogP contribution is -2.50. The molecule has 4 rings (SSSR count). The molecule has 1 aliphatic rings. The molecule has 2 heterocycles. The van der Waals surface area contributed by atoms with Gasteiger partial charge in [-0.2, -0.15) is 0 Å². The molecule has 2 amide bonds.